The lowest BCUT2D eigenvalue weighted by Gasteiger charge is -2.11. The van der Waals surface area contributed by atoms with Crippen LogP contribution in [-0.4, -0.2) is 6.61 Å². The van der Waals surface area contributed by atoms with Crippen LogP contribution < -0.4 is 10.1 Å². The van der Waals surface area contributed by atoms with Crippen molar-refractivity contribution in [3.63, 3.8) is 0 Å². The fourth-order valence-electron chi connectivity index (χ4n) is 1.91. The van der Waals surface area contributed by atoms with Gasteiger partial charge < -0.3 is 14.5 Å². The van der Waals surface area contributed by atoms with E-state index in [1.54, 1.807) is 0 Å². The van der Waals surface area contributed by atoms with Gasteiger partial charge in [-0.25, -0.2) is 0 Å². The molecule has 0 bridgehead atoms. The molecule has 0 saturated carbocycles. The Hall–Kier alpha value is -0.780. The van der Waals surface area contributed by atoms with E-state index in [1.165, 1.54) is 5.56 Å². The third-order valence-corrected chi connectivity index (χ3v) is 3.95. The molecular weight excluding hydrogens is 386 g/mol. The molecule has 0 aliphatic heterocycles. The van der Waals surface area contributed by atoms with Crippen molar-refractivity contribution >= 4 is 31.9 Å². The summed E-state index contributed by atoms with van der Waals surface area (Å²) in [4.78, 5) is 0. The maximum absolute atomic E-state index is 5.57. The summed E-state index contributed by atoms with van der Waals surface area (Å²) in [7, 11) is 0. The molecule has 0 spiro atoms. The highest BCUT2D eigenvalue weighted by molar-refractivity contribution is 9.11. The topological polar surface area (TPSA) is 34.4 Å². The molecule has 2 aromatic rings. The van der Waals surface area contributed by atoms with E-state index in [0.29, 0.717) is 6.61 Å². The third-order valence-electron chi connectivity index (χ3n) is 2.77. The number of furan rings is 1. The van der Waals surface area contributed by atoms with Gasteiger partial charge in [0, 0.05) is 6.54 Å². The van der Waals surface area contributed by atoms with E-state index in [4.69, 9.17) is 9.15 Å². The minimum absolute atomic E-state index is 0.645. The molecule has 5 heteroatoms. The Morgan fingerprint density at radius 3 is 2.40 bits per heavy atom. The summed E-state index contributed by atoms with van der Waals surface area (Å²) in [6, 6.07) is 8.10. The van der Waals surface area contributed by atoms with E-state index in [9.17, 15) is 0 Å². The molecule has 0 aliphatic carbocycles. The maximum atomic E-state index is 5.57. The Bertz CT molecular complexity index is 558. The molecule has 108 valence electrons. The highest BCUT2D eigenvalue weighted by atomic mass is 79.9. The average molecular weight is 403 g/mol. The second-order valence-corrected chi connectivity index (χ2v) is 6.15. The Labute approximate surface area is 136 Å². The van der Waals surface area contributed by atoms with E-state index in [-0.39, 0.29) is 0 Å². The first-order chi connectivity index (χ1) is 9.60. The maximum Gasteiger partial charge on any atom is 0.147 e. The van der Waals surface area contributed by atoms with Gasteiger partial charge in [0.15, 0.2) is 0 Å². The van der Waals surface area contributed by atoms with Crippen LogP contribution >= 0.6 is 31.9 Å². The zero-order chi connectivity index (χ0) is 14.5. The van der Waals surface area contributed by atoms with Crippen LogP contribution in [0.1, 0.15) is 24.0 Å². The normalized spacial score (nSPS) is 10.8. The molecule has 1 aromatic heterocycles. The average Bonchev–Trinajstić information content (AvgIpc) is 2.80. The van der Waals surface area contributed by atoms with Crippen LogP contribution in [0, 0.1) is 6.92 Å². The van der Waals surface area contributed by atoms with Gasteiger partial charge >= 0.3 is 0 Å². The van der Waals surface area contributed by atoms with Crippen molar-refractivity contribution in [3.8, 4) is 5.75 Å². The number of ether oxygens (including phenoxy) is 1. The third kappa shape index (κ3) is 4.11. The van der Waals surface area contributed by atoms with Crippen molar-refractivity contribution in [2.75, 3.05) is 6.61 Å². The van der Waals surface area contributed by atoms with Crippen molar-refractivity contribution in [1.82, 2.24) is 5.32 Å². The van der Waals surface area contributed by atoms with Crippen molar-refractivity contribution < 1.29 is 9.15 Å². The molecule has 1 heterocycles. The van der Waals surface area contributed by atoms with Gasteiger partial charge in [-0.1, -0.05) is 0 Å². The summed E-state index contributed by atoms with van der Waals surface area (Å²) in [5.41, 5.74) is 1.18. The summed E-state index contributed by atoms with van der Waals surface area (Å²) in [6.45, 7) is 6.05. The lowest BCUT2D eigenvalue weighted by molar-refractivity contribution is 0.336. The second-order valence-electron chi connectivity index (χ2n) is 4.44. The smallest absolute Gasteiger partial charge is 0.147 e. The Balaban J connectivity index is 1.96. The predicted molar refractivity (Wildman–Crippen MR) is 87.0 cm³/mol. The Morgan fingerprint density at radius 1 is 1.15 bits per heavy atom. The van der Waals surface area contributed by atoms with Gasteiger partial charge in [-0.2, -0.15) is 0 Å². The summed E-state index contributed by atoms with van der Waals surface area (Å²) in [6.07, 6.45) is 0. The van der Waals surface area contributed by atoms with E-state index in [2.05, 4.69) is 49.3 Å². The number of rotatable bonds is 6. The van der Waals surface area contributed by atoms with Crippen LogP contribution in [0.5, 0.6) is 5.75 Å². The summed E-state index contributed by atoms with van der Waals surface area (Å²) in [5.74, 6) is 2.73. The van der Waals surface area contributed by atoms with Crippen LogP contribution in [0.2, 0.25) is 0 Å². The van der Waals surface area contributed by atoms with Crippen molar-refractivity contribution in [2.45, 2.75) is 26.9 Å². The highest BCUT2D eigenvalue weighted by Gasteiger charge is 2.08. The first kappa shape index (κ1) is 15.6. The number of hydrogen-bond donors (Lipinski definition) is 1. The molecule has 0 aliphatic rings. The SMILES string of the molecule is CCOc1c(Br)cc(CNCc2ccc(C)o2)cc1Br. The molecule has 0 amide bonds. The van der Waals surface area contributed by atoms with Gasteiger partial charge in [-0.3, -0.25) is 0 Å². The van der Waals surface area contributed by atoms with Crippen LogP contribution in [0.15, 0.2) is 37.6 Å². The van der Waals surface area contributed by atoms with Crippen LogP contribution in [0.25, 0.3) is 0 Å². The fraction of sp³-hybridized carbons (Fsp3) is 0.333. The quantitative estimate of drug-likeness (QED) is 0.753. The molecule has 3 nitrogen and oxygen atoms in total. The highest BCUT2D eigenvalue weighted by Crippen LogP contribution is 2.34. The lowest BCUT2D eigenvalue weighted by atomic mass is 10.2. The number of aryl methyl sites for hydroxylation is 1. The number of nitrogens with one attached hydrogen (secondary N) is 1. The fourth-order valence-corrected chi connectivity index (χ4v) is 3.42. The van der Waals surface area contributed by atoms with Gasteiger partial charge in [0.25, 0.3) is 0 Å². The number of halogens is 2. The van der Waals surface area contributed by atoms with E-state index >= 15 is 0 Å². The van der Waals surface area contributed by atoms with E-state index in [1.807, 2.05) is 26.0 Å². The van der Waals surface area contributed by atoms with Gasteiger partial charge in [-0.15, -0.1) is 0 Å². The van der Waals surface area contributed by atoms with Crippen molar-refractivity contribution in [3.05, 3.63) is 50.3 Å². The molecule has 0 fully saturated rings. The molecule has 1 N–H and O–H groups in total. The minimum atomic E-state index is 0.645. The van der Waals surface area contributed by atoms with Crippen molar-refractivity contribution in [1.29, 1.82) is 0 Å². The monoisotopic (exact) mass is 401 g/mol. The summed E-state index contributed by atoms with van der Waals surface area (Å²) >= 11 is 7.08. The number of hydrogen-bond acceptors (Lipinski definition) is 3. The number of benzene rings is 1. The first-order valence-electron chi connectivity index (χ1n) is 6.47. The van der Waals surface area contributed by atoms with Crippen LogP contribution in [0.3, 0.4) is 0 Å². The molecule has 0 saturated heterocycles. The standard InChI is InChI=1S/C15H17Br2NO2/c1-3-19-15-13(16)6-11(7-14(15)17)8-18-9-12-5-4-10(2)20-12/h4-7,18H,3,8-9H2,1-2H3. The lowest BCUT2D eigenvalue weighted by Crippen LogP contribution is -2.12. The largest absolute Gasteiger partial charge is 0.492 e. The molecule has 1 aromatic carbocycles. The summed E-state index contributed by atoms with van der Waals surface area (Å²) in [5, 5.41) is 3.36. The van der Waals surface area contributed by atoms with Gasteiger partial charge in [-0.05, 0) is 75.5 Å². The Morgan fingerprint density at radius 2 is 1.85 bits per heavy atom. The molecule has 0 atom stereocenters. The molecule has 2 rings (SSSR count). The van der Waals surface area contributed by atoms with E-state index in [0.717, 1.165) is 39.3 Å². The van der Waals surface area contributed by atoms with Crippen molar-refractivity contribution in [2.24, 2.45) is 0 Å². The van der Waals surface area contributed by atoms with Crippen LogP contribution in [0.4, 0.5) is 0 Å². The Kier molecular flexibility index (Phi) is 5.69. The predicted octanol–water partition coefficient (Wildman–Crippen LogP) is 4.80. The zero-order valence-corrected chi connectivity index (χ0v) is 14.7. The zero-order valence-electron chi connectivity index (χ0n) is 11.5. The minimum Gasteiger partial charge on any atom is -0.492 e. The van der Waals surface area contributed by atoms with Gasteiger partial charge in [0.05, 0.1) is 22.1 Å². The molecule has 0 unspecified atom stereocenters. The van der Waals surface area contributed by atoms with Crippen LogP contribution in [-0.2, 0) is 13.1 Å². The molecule has 0 radical (unpaired) electrons. The molecule has 20 heavy (non-hydrogen) atoms. The van der Waals surface area contributed by atoms with Gasteiger partial charge in [0.1, 0.15) is 17.3 Å². The summed E-state index contributed by atoms with van der Waals surface area (Å²) < 4.78 is 13.0. The van der Waals surface area contributed by atoms with E-state index < -0.39 is 0 Å². The molecular formula is C15H17Br2NO2. The van der Waals surface area contributed by atoms with Gasteiger partial charge in [0.2, 0.25) is 0 Å². The second kappa shape index (κ2) is 7.29. The first-order valence-corrected chi connectivity index (χ1v) is 8.05.